The largest absolute Gasteiger partial charge is 0.408 e. The molecule has 0 aromatic carbocycles. The molecule has 1 aliphatic rings. The smallest absolute Gasteiger partial charge is 0.322 e. The second kappa shape index (κ2) is 6.32. The first-order chi connectivity index (χ1) is 9.44. The summed E-state index contributed by atoms with van der Waals surface area (Å²) < 4.78 is 5.32. The number of amides is 1. The topological polar surface area (TPSA) is 91.5 Å². The van der Waals surface area contributed by atoms with Crippen molar-refractivity contribution in [2.24, 2.45) is 5.92 Å². The van der Waals surface area contributed by atoms with E-state index >= 15 is 0 Å². The van der Waals surface area contributed by atoms with Crippen molar-refractivity contribution >= 4 is 11.9 Å². The third-order valence-corrected chi connectivity index (χ3v) is 3.38. The number of carbonyl (C=O) groups is 1. The Morgan fingerprint density at radius 1 is 1.50 bits per heavy atom. The highest BCUT2D eigenvalue weighted by Gasteiger charge is 2.28. The third-order valence-electron chi connectivity index (χ3n) is 3.38. The zero-order chi connectivity index (χ0) is 14.7. The number of aromatic nitrogens is 2. The second-order valence-electron chi connectivity index (χ2n) is 5.84. The highest BCUT2D eigenvalue weighted by Crippen LogP contribution is 2.27. The van der Waals surface area contributed by atoms with Crippen molar-refractivity contribution in [3.8, 4) is 0 Å². The molecule has 0 bridgehead atoms. The Labute approximate surface area is 118 Å². The van der Waals surface area contributed by atoms with Crippen LogP contribution in [0.5, 0.6) is 0 Å². The Balaban J connectivity index is 1.73. The van der Waals surface area contributed by atoms with Gasteiger partial charge in [-0.3, -0.25) is 15.0 Å². The molecule has 1 fully saturated rings. The first kappa shape index (κ1) is 14.9. The minimum atomic E-state index is -0.175. The molecule has 1 heterocycles. The van der Waals surface area contributed by atoms with Crippen LogP contribution in [0, 0.1) is 5.92 Å². The molecule has 0 saturated heterocycles. The van der Waals surface area contributed by atoms with E-state index in [0.29, 0.717) is 11.8 Å². The molecule has 0 radical (unpaired) electrons. The summed E-state index contributed by atoms with van der Waals surface area (Å²) in [4.78, 5) is 13.8. The van der Waals surface area contributed by atoms with Crippen LogP contribution in [0.25, 0.3) is 0 Å². The van der Waals surface area contributed by atoms with Gasteiger partial charge >= 0.3 is 6.01 Å². The van der Waals surface area contributed by atoms with Crippen LogP contribution in [0.15, 0.2) is 4.42 Å². The van der Waals surface area contributed by atoms with Crippen LogP contribution in [0.4, 0.5) is 6.01 Å². The predicted molar refractivity (Wildman–Crippen MR) is 73.2 cm³/mol. The fraction of sp³-hybridized carbons (Fsp3) is 0.769. The summed E-state index contributed by atoms with van der Waals surface area (Å²) in [6, 6.07) is 0.145. The maximum Gasteiger partial charge on any atom is 0.322 e. The van der Waals surface area contributed by atoms with Gasteiger partial charge in [-0.2, -0.15) is 0 Å². The number of hydrogen-bond donors (Lipinski definition) is 2. The van der Waals surface area contributed by atoms with Crippen molar-refractivity contribution in [1.82, 2.24) is 15.1 Å². The summed E-state index contributed by atoms with van der Waals surface area (Å²) >= 11 is 0. The number of nitrogens with one attached hydrogen (secondary N) is 1. The molecule has 2 N–H and O–H groups in total. The normalized spacial score (nSPS) is 22.1. The van der Waals surface area contributed by atoms with E-state index in [1.165, 1.54) is 0 Å². The van der Waals surface area contributed by atoms with Crippen LogP contribution >= 0.6 is 0 Å². The number of aliphatic hydroxyl groups is 1. The zero-order valence-corrected chi connectivity index (χ0v) is 12.2. The van der Waals surface area contributed by atoms with Crippen molar-refractivity contribution < 1.29 is 14.3 Å². The molecule has 1 aliphatic carbocycles. The van der Waals surface area contributed by atoms with Gasteiger partial charge in [-0.15, -0.1) is 5.10 Å². The predicted octanol–water partition coefficient (Wildman–Crippen LogP) is 0.834. The first-order valence-corrected chi connectivity index (χ1v) is 6.94. The van der Waals surface area contributed by atoms with Crippen LogP contribution < -0.4 is 5.32 Å². The molecular formula is C13H22N4O3. The molecule has 1 saturated carbocycles. The average Bonchev–Trinajstić information content (AvgIpc) is 2.75. The summed E-state index contributed by atoms with van der Waals surface area (Å²) in [5.74, 6) is 0.961. The number of hydrogen-bond acceptors (Lipinski definition) is 6. The Kier molecular flexibility index (Phi) is 4.72. The fourth-order valence-corrected chi connectivity index (χ4v) is 2.28. The van der Waals surface area contributed by atoms with Crippen LogP contribution in [-0.2, 0) is 4.79 Å². The molecule has 20 heavy (non-hydrogen) atoms. The van der Waals surface area contributed by atoms with Crippen LogP contribution in [0.3, 0.4) is 0 Å². The van der Waals surface area contributed by atoms with E-state index in [9.17, 15) is 9.90 Å². The Morgan fingerprint density at radius 3 is 2.75 bits per heavy atom. The number of aliphatic hydroxyl groups excluding tert-OH is 1. The molecule has 112 valence electrons. The van der Waals surface area contributed by atoms with Crippen LogP contribution in [0.2, 0.25) is 0 Å². The summed E-state index contributed by atoms with van der Waals surface area (Å²) in [5.41, 5.74) is 0. The van der Waals surface area contributed by atoms with Gasteiger partial charge in [0.2, 0.25) is 11.8 Å². The summed E-state index contributed by atoms with van der Waals surface area (Å²) in [6.45, 7) is 4.97. The second-order valence-corrected chi connectivity index (χ2v) is 5.84. The standard InChI is InChI=1S/C13H22N4O3/c1-8(2)12-15-16-13(20-12)14-11(19)7-17(3)6-9-4-10(18)5-9/h8-10,18H,4-7H2,1-3H3,(H,14,16,19). The lowest BCUT2D eigenvalue weighted by Crippen LogP contribution is -2.39. The molecule has 0 aliphatic heterocycles. The molecular weight excluding hydrogens is 260 g/mol. The van der Waals surface area contributed by atoms with Gasteiger partial charge in [0.25, 0.3) is 0 Å². The van der Waals surface area contributed by atoms with E-state index in [0.717, 1.165) is 19.4 Å². The minimum absolute atomic E-state index is 0.140. The SMILES string of the molecule is CC(C)c1nnc(NC(=O)CN(C)CC2CC(O)C2)o1. The molecule has 2 rings (SSSR count). The summed E-state index contributed by atoms with van der Waals surface area (Å²) in [6.07, 6.45) is 1.50. The lowest BCUT2D eigenvalue weighted by molar-refractivity contribution is -0.117. The number of rotatable bonds is 6. The fourth-order valence-electron chi connectivity index (χ4n) is 2.28. The number of carbonyl (C=O) groups excluding carboxylic acids is 1. The first-order valence-electron chi connectivity index (χ1n) is 6.94. The Bertz CT molecular complexity index is 454. The van der Waals surface area contributed by atoms with Gasteiger partial charge in [0.1, 0.15) is 0 Å². The van der Waals surface area contributed by atoms with Crippen molar-refractivity contribution in [2.75, 3.05) is 25.5 Å². The maximum absolute atomic E-state index is 11.8. The molecule has 1 aromatic rings. The molecule has 1 amide bonds. The van der Waals surface area contributed by atoms with Crippen molar-refractivity contribution in [1.29, 1.82) is 0 Å². The quantitative estimate of drug-likeness (QED) is 0.803. The van der Waals surface area contributed by atoms with Gasteiger partial charge in [0.15, 0.2) is 0 Å². The Hall–Kier alpha value is -1.47. The van der Waals surface area contributed by atoms with Gasteiger partial charge in [-0.25, -0.2) is 0 Å². The van der Waals surface area contributed by atoms with E-state index in [-0.39, 0.29) is 30.5 Å². The number of anilines is 1. The van der Waals surface area contributed by atoms with Gasteiger partial charge in [0, 0.05) is 12.5 Å². The zero-order valence-electron chi connectivity index (χ0n) is 12.2. The van der Waals surface area contributed by atoms with E-state index in [1.54, 1.807) is 0 Å². The molecule has 0 unspecified atom stereocenters. The molecule has 0 atom stereocenters. The van der Waals surface area contributed by atoms with E-state index in [4.69, 9.17) is 4.42 Å². The number of nitrogens with zero attached hydrogens (tertiary/aromatic N) is 3. The summed E-state index contributed by atoms with van der Waals surface area (Å²) in [7, 11) is 1.89. The van der Waals surface area contributed by atoms with Gasteiger partial charge in [-0.05, 0) is 25.8 Å². The minimum Gasteiger partial charge on any atom is -0.408 e. The molecule has 1 aromatic heterocycles. The average molecular weight is 282 g/mol. The van der Waals surface area contributed by atoms with Crippen molar-refractivity contribution in [3.05, 3.63) is 5.89 Å². The highest BCUT2D eigenvalue weighted by atomic mass is 16.4. The number of likely N-dealkylation sites (N-methyl/N-ethyl adjacent to an activating group) is 1. The monoisotopic (exact) mass is 282 g/mol. The van der Waals surface area contributed by atoms with Gasteiger partial charge in [-0.1, -0.05) is 18.9 Å². The van der Waals surface area contributed by atoms with E-state index in [1.807, 2.05) is 25.8 Å². The highest BCUT2D eigenvalue weighted by molar-refractivity contribution is 5.90. The van der Waals surface area contributed by atoms with Crippen LogP contribution in [0.1, 0.15) is 38.5 Å². The lowest BCUT2D eigenvalue weighted by Gasteiger charge is -2.34. The van der Waals surface area contributed by atoms with Gasteiger partial charge < -0.3 is 9.52 Å². The van der Waals surface area contributed by atoms with Crippen molar-refractivity contribution in [3.63, 3.8) is 0 Å². The Morgan fingerprint density at radius 2 is 2.20 bits per heavy atom. The molecule has 7 heteroatoms. The molecule has 0 spiro atoms. The van der Waals surface area contributed by atoms with Crippen LogP contribution in [-0.4, -0.2) is 52.4 Å². The van der Waals surface area contributed by atoms with Crippen molar-refractivity contribution in [2.45, 2.75) is 38.7 Å². The van der Waals surface area contributed by atoms with Gasteiger partial charge in [0.05, 0.1) is 12.6 Å². The van der Waals surface area contributed by atoms with E-state index < -0.39 is 0 Å². The third kappa shape index (κ3) is 4.01. The maximum atomic E-state index is 11.8. The van der Waals surface area contributed by atoms with E-state index in [2.05, 4.69) is 15.5 Å². The molecule has 7 nitrogen and oxygen atoms in total. The summed E-state index contributed by atoms with van der Waals surface area (Å²) in [5, 5.41) is 19.5. The lowest BCUT2D eigenvalue weighted by atomic mass is 9.82.